The Morgan fingerprint density at radius 3 is 2.83 bits per heavy atom. The van der Waals surface area contributed by atoms with Crippen LogP contribution < -0.4 is 10.6 Å². The van der Waals surface area contributed by atoms with E-state index < -0.39 is 0 Å². The summed E-state index contributed by atoms with van der Waals surface area (Å²) in [6.45, 7) is 2.86. The Bertz CT molecular complexity index is 1030. The number of rotatable bonds is 6. The van der Waals surface area contributed by atoms with Crippen LogP contribution in [0.25, 0.3) is 11.0 Å². The molecule has 2 saturated heterocycles. The fourth-order valence-corrected chi connectivity index (χ4v) is 4.82. The standard InChI is InChI=1S/C20H25N9/c1-12-9-17(28-27-12)25-19-18-16(5-7-22-18)24-20(26-19)23-13-10-14-3-4-15(11-13)29(14)8-2-6-21/h5,7,9,13-15,22H,2-4,8,10-11H2,1H3,(H3,23,24,25,26,27,28)/t13?,14-,15+. The molecule has 5 rings (SSSR count). The Balaban J connectivity index is 1.34. The maximum atomic E-state index is 8.92. The van der Waals surface area contributed by atoms with Crippen LogP contribution in [0.5, 0.6) is 0 Å². The van der Waals surface area contributed by atoms with E-state index in [1.807, 2.05) is 25.3 Å². The first-order chi connectivity index (χ1) is 14.2. The lowest BCUT2D eigenvalue weighted by Crippen LogP contribution is -2.47. The van der Waals surface area contributed by atoms with E-state index >= 15 is 0 Å². The number of nitrogens with one attached hydrogen (secondary N) is 4. The van der Waals surface area contributed by atoms with Gasteiger partial charge in [0.1, 0.15) is 5.52 Å². The van der Waals surface area contributed by atoms with Crippen LogP contribution >= 0.6 is 0 Å². The highest BCUT2D eigenvalue weighted by Gasteiger charge is 2.40. The van der Waals surface area contributed by atoms with E-state index in [9.17, 15) is 0 Å². The molecule has 0 aliphatic carbocycles. The molecule has 9 heteroatoms. The molecule has 150 valence electrons. The third-order valence-corrected chi connectivity index (χ3v) is 6.06. The smallest absolute Gasteiger partial charge is 0.225 e. The molecule has 0 spiro atoms. The molecule has 2 bridgehead atoms. The van der Waals surface area contributed by atoms with Crippen LogP contribution in [0.2, 0.25) is 0 Å². The van der Waals surface area contributed by atoms with E-state index in [4.69, 9.17) is 15.2 Å². The quantitative estimate of drug-likeness (QED) is 0.509. The molecular formula is C20H25N9. The van der Waals surface area contributed by atoms with Crippen molar-refractivity contribution in [2.75, 3.05) is 17.2 Å². The average molecular weight is 391 g/mol. The zero-order chi connectivity index (χ0) is 19.8. The first kappa shape index (κ1) is 17.9. The van der Waals surface area contributed by atoms with Gasteiger partial charge >= 0.3 is 0 Å². The van der Waals surface area contributed by atoms with E-state index in [0.29, 0.717) is 36.3 Å². The van der Waals surface area contributed by atoms with Crippen molar-refractivity contribution in [3.05, 3.63) is 24.0 Å². The maximum absolute atomic E-state index is 8.92. The van der Waals surface area contributed by atoms with Gasteiger partial charge in [-0.15, -0.1) is 0 Å². The lowest BCUT2D eigenvalue weighted by molar-refractivity contribution is 0.135. The Labute approximate surface area is 168 Å². The number of hydrogen-bond donors (Lipinski definition) is 4. The highest BCUT2D eigenvalue weighted by atomic mass is 15.3. The van der Waals surface area contributed by atoms with Crippen molar-refractivity contribution < 1.29 is 0 Å². The highest BCUT2D eigenvalue weighted by molar-refractivity contribution is 5.88. The predicted octanol–water partition coefficient (Wildman–Crippen LogP) is 3.05. The van der Waals surface area contributed by atoms with E-state index in [0.717, 1.165) is 41.9 Å². The summed E-state index contributed by atoms with van der Waals surface area (Å²) in [6.07, 6.45) is 7.06. The van der Waals surface area contributed by atoms with Gasteiger partial charge in [0, 0.05) is 49.0 Å². The Hall–Kier alpha value is -3.12. The molecule has 5 heterocycles. The number of H-pyrrole nitrogens is 2. The lowest BCUT2D eigenvalue weighted by atomic mass is 9.97. The number of aromatic nitrogens is 5. The van der Waals surface area contributed by atoms with Gasteiger partial charge in [-0.2, -0.15) is 15.3 Å². The summed E-state index contributed by atoms with van der Waals surface area (Å²) in [4.78, 5) is 15.2. The van der Waals surface area contributed by atoms with Crippen LogP contribution in [0, 0.1) is 18.3 Å². The SMILES string of the molecule is Cc1cc(Nc2nc(NC3C[C@H]4CC[C@@H](C3)N4CCC#N)nc3cc[nH]c23)n[nH]1. The van der Waals surface area contributed by atoms with Crippen molar-refractivity contribution in [1.29, 1.82) is 5.26 Å². The Morgan fingerprint density at radius 1 is 1.28 bits per heavy atom. The van der Waals surface area contributed by atoms with E-state index in [2.05, 4.69) is 36.8 Å². The molecule has 9 nitrogen and oxygen atoms in total. The number of fused-ring (bicyclic) bond motifs is 3. The molecule has 0 aromatic carbocycles. The third-order valence-electron chi connectivity index (χ3n) is 6.06. The van der Waals surface area contributed by atoms with Crippen molar-refractivity contribution in [3.63, 3.8) is 0 Å². The Kier molecular flexibility index (Phi) is 4.56. The fourth-order valence-electron chi connectivity index (χ4n) is 4.82. The number of nitriles is 1. The van der Waals surface area contributed by atoms with Crippen LogP contribution in [0.4, 0.5) is 17.6 Å². The number of nitrogens with zero attached hydrogens (tertiary/aromatic N) is 5. The molecule has 29 heavy (non-hydrogen) atoms. The first-order valence-corrected chi connectivity index (χ1v) is 10.2. The molecule has 1 unspecified atom stereocenters. The number of aryl methyl sites for hydroxylation is 1. The van der Waals surface area contributed by atoms with Gasteiger partial charge < -0.3 is 15.6 Å². The molecule has 0 amide bonds. The van der Waals surface area contributed by atoms with Crippen molar-refractivity contribution in [3.8, 4) is 6.07 Å². The largest absolute Gasteiger partial charge is 0.357 e. The van der Waals surface area contributed by atoms with Gasteiger partial charge in [-0.25, -0.2) is 4.98 Å². The van der Waals surface area contributed by atoms with Gasteiger partial charge in [0.05, 0.1) is 11.6 Å². The fraction of sp³-hybridized carbons (Fsp3) is 0.500. The number of piperidine rings is 1. The molecule has 0 radical (unpaired) electrons. The van der Waals surface area contributed by atoms with Crippen molar-refractivity contribution >= 4 is 28.6 Å². The van der Waals surface area contributed by atoms with Crippen LogP contribution in [0.1, 0.15) is 37.8 Å². The topological polar surface area (TPSA) is 121 Å². The molecular weight excluding hydrogens is 366 g/mol. The molecule has 0 saturated carbocycles. The summed E-state index contributed by atoms with van der Waals surface area (Å²) in [5.74, 6) is 2.08. The van der Waals surface area contributed by atoms with Crippen molar-refractivity contribution in [1.82, 2.24) is 30.0 Å². The molecule has 4 N–H and O–H groups in total. The molecule has 2 fully saturated rings. The number of aromatic amines is 2. The summed E-state index contributed by atoms with van der Waals surface area (Å²) < 4.78 is 0. The number of hydrogen-bond acceptors (Lipinski definition) is 7. The van der Waals surface area contributed by atoms with Crippen molar-refractivity contribution in [2.24, 2.45) is 0 Å². The minimum atomic E-state index is 0.350. The van der Waals surface area contributed by atoms with E-state index in [-0.39, 0.29) is 0 Å². The van der Waals surface area contributed by atoms with Gasteiger partial charge in [-0.1, -0.05) is 0 Å². The summed E-state index contributed by atoms with van der Waals surface area (Å²) in [5, 5.41) is 23.0. The summed E-state index contributed by atoms with van der Waals surface area (Å²) >= 11 is 0. The molecule has 3 aromatic heterocycles. The molecule has 3 aromatic rings. The summed E-state index contributed by atoms with van der Waals surface area (Å²) in [6, 6.07) is 7.64. The van der Waals surface area contributed by atoms with Crippen LogP contribution in [-0.4, -0.2) is 54.7 Å². The summed E-state index contributed by atoms with van der Waals surface area (Å²) in [7, 11) is 0. The third kappa shape index (κ3) is 3.51. The zero-order valence-electron chi connectivity index (χ0n) is 16.4. The van der Waals surface area contributed by atoms with Crippen LogP contribution in [-0.2, 0) is 0 Å². The van der Waals surface area contributed by atoms with Gasteiger partial charge in [0.15, 0.2) is 11.6 Å². The van der Waals surface area contributed by atoms with Crippen molar-refractivity contribution in [2.45, 2.75) is 57.2 Å². The average Bonchev–Trinajstić information content (AvgIpc) is 3.39. The van der Waals surface area contributed by atoms with E-state index in [1.165, 1.54) is 12.8 Å². The van der Waals surface area contributed by atoms with Crippen LogP contribution in [0.15, 0.2) is 18.3 Å². The van der Waals surface area contributed by atoms with Gasteiger partial charge in [-0.05, 0) is 38.7 Å². The zero-order valence-corrected chi connectivity index (χ0v) is 16.4. The molecule has 3 atom stereocenters. The minimum absolute atomic E-state index is 0.350. The second-order valence-electron chi connectivity index (χ2n) is 8.04. The van der Waals surface area contributed by atoms with Gasteiger partial charge in [0.2, 0.25) is 5.95 Å². The molecule has 2 aliphatic heterocycles. The molecule has 2 aliphatic rings. The lowest BCUT2D eigenvalue weighted by Gasteiger charge is -2.38. The predicted molar refractivity (Wildman–Crippen MR) is 111 cm³/mol. The van der Waals surface area contributed by atoms with Gasteiger partial charge in [0.25, 0.3) is 0 Å². The second kappa shape index (κ2) is 7.37. The monoisotopic (exact) mass is 391 g/mol. The second-order valence-corrected chi connectivity index (χ2v) is 8.04. The maximum Gasteiger partial charge on any atom is 0.225 e. The van der Waals surface area contributed by atoms with Crippen LogP contribution in [0.3, 0.4) is 0 Å². The first-order valence-electron chi connectivity index (χ1n) is 10.2. The normalized spacial score (nSPS) is 23.9. The highest BCUT2D eigenvalue weighted by Crippen LogP contribution is 2.36. The van der Waals surface area contributed by atoms with E-state index in [1.54, 1.807) is 0 Å². The Morgan fingerprint density at radius 2 is 2.10 bits per heavy atom. The summed E-state index contributed by atoms with van der Waals surface area (Å²) in [5.41, 5.74) is 2.72. The minimum Gasteiger partial charge on any atom is -0.357 e. The van der Waals surface area contributed by atoms with Gasteiger partial charge in [-0.3, -0.25) is 10.00 Å². The number of anilines is 3.